The molecule has 4 aromatic heterocycles. The first-order valence-electron chi connectivity index (χ1n) is 9.14. The number of rotatable bonds is 8. The summed E-state index contributed by atoms with van der Waals surface area (Å²) in [5, 5.41) is 1.26. The summed E-state index contributed by atoms with van der Waals surface area (Å²) >= 11 is 0. The number of aromatic amines is 2. The van der Waals surface area contributed by atoms with Gasteiger partial charge in [0.05, 0.1) is 24.0 Å². The fourth-order valence-electron chi connectivity index (χ4n) is 2.92. The van der Waals surface area contributed by atoms with Gasteiger partial charge in [-0.1, -0.05) is 0 Å². The van der Waals surface area contributed by atoms with Gasteiger partial charge in [0.2, 0.25) is 0 Å². The number of fused-ring (bicyclic) bond motifs is 2. The molecule has 0 saturated carbocycles. The molecule has 0 atom stereocenters. The molecule has 0 amide bonds. The lowest BCUT2D eigenvalue weighted by Gasteiger charge is -2.06. The van der Waals surface area contributed by atoms with Crippen LogP contribution in [0.2, 0.25) is 0 Å². The van der Waals surface area contributed by atoms with Crippen LogP contribution in [0.25, 0.3) is 22.1 Å². The fourth-order valence-corrected chi connectivity index (χ4v) is 2.92. The quantitative estimate of drug-likeness (QED) is 0.343. The first-order valence-corrected chi connectivity index (χ1v) is 9.14. The predicted molar refractivity (Wildman–Crippen MR) is 102 cm³/mol. The van der Waals surface area contributed by atoms with Crippen molar-refractivity contribution in [1.29, 1.82) is 0 Å². The Kier molecular flexibility index (Phi) is 5.41. The van der Waals surface area contributed by atoms with Crippen LogP contribution < -0.4 is 0 Å². The van der Waals surface area contributed by atoms with Crippen molar-refractivity contribution in [3.05, 3.63) is 48.6 Å². The van der Waals surface area contributed by atoms with Gasteiger partial charge in [0.15, 0.2) is 11.4 Å². The Hall–Kier alpha value is -3.82. The zero-order valence-corrected chi connectivity index (χ0v) is 15.4. The monoisotopic (exact) mass is 394 g/mol. The van der Waals surface area contributed by atoms with Crippen molar-refractivity contribution in [3.63, 3.8) is 0 Å². The van der Waals surface area contributed by atoms with Crippen LogP contribution in [0.3, 0.4) is 0 Å². The Bertz CT molecular complexity index is 1060. The maximum atomic E-state index is 12.2. The standard InChI is InChI=1S/C19H18N6O4/c26-18(14-12-4-6-20-16(12)24-10-22-14)28-8-2-1-3-9-29-19(27)15-13-5-7-21-17(13)25-11-23-15/h4-7,10-11H,1-3,8-9H2,(H,20,22,24)(H,21,23,25). The minimum Gasteiger partial charge on any atom is -0.461 e. The van der Waals surface area contributed by atoms with Gasteiger partial charge in [0.1, 0.15) is 23.9 Å². The van der Waals surface area contributed by atoms with Gasteiger partial charge in [-0.05, 0) is 31.4 Å². The van der Waals surface area contributed by atoms with Crippen LogP contribution in [0, 0.1) is 0 Å². The maximum absolute atomic E-state index is 12.2. The molecule has 10 nitrogen and oxygen atoms in total. The van der Waals surface area contributed by atoms with Gasteiger partial charge in [-0.3, -0.25) is 0 Å². The fraction of sp³-hybridized carbons (Fsp3) is 0.263. The van der Waals surface area contributed by atoms with Gasteiger partial charge in [-0.25, -0.2) is 29.5 Å². The van der Waals surface area contributed by atoms with Crippen LogP contribution in [0.15, 0.2) is 37.2 Å². The van der Waals surface area contributed by atoms with Crippen LogP contribution >= 0.6 is 0 Å². The molecule has 0 unspecified atom stereocenters. The van der Waals surface area contributed by atoms with E-state index in [0.717, 1.165) is 6.42 Å². The number of nitrogens with one attached hydrogen (secondary N) is 2. The molecule has 0 spiro atoms. The molecule has 0 radical (unpaired) electrons. The maximum Gasteiger partial charge on any atom is 0.357 e. The van der Waals surface area contributed by atoms with E-state index in [1.807, 2.05) is 0 Å². The lowest BCUT2D eigenvalue weighted by molar-refractivity contribution is 0.0473. The Labute approximate surface area is 164 Å². The summed E-state index contributed by atoms with van der Waals surface area (Å²) in [4.78, 5) is 46.3. The van der Waals surface area contributed by atoms with Crippen LogP contribution in [-0.2, 0) is 9.47 Å². The molecule has 0 fully saturated rings. The third kappa shape index (κ3) is 4.05. The molecule has 4 rings (SSSR count). The number of esters is 2. The summed E-state index contributed by atoms with van der Waals surface area (Å²) in [5.74, 6) is -0.967. The first-order chi connectivity index (χ1) is 14.2. The van der Waals surface area contributed by atoms with Crippen molar-refractivity contribution in [2.45, 2.75) is 19.3 Å². The lowest BCUT2D eigenvalue weighted by Crippen LogP contribution is -2.10. The summed E-state index contributed by atoms with van der Waals surface area (Å²) in [7, 11) is 0. The normalized spacial score (nSPS) is 11.0. The van der Waals surface area contributed by atoms with Crippen LogP contribution in [0.5, 0.6) is 0 Å². The van der Waals surface area contributed by atoms with Crippen LogP contribution in [0.1, 0.15) is 40.2 Å². The topological polar surface area (TPSA) is 136 Å². The summed E-state index contributed by atoms with van der Waals surface area (Å²) in [6, 6.07) is 3.47. The average Bonchev–Trinajstić information content (AvgIpc) is 3.41. The molecule has 148 valence electrons. The number of ether oxygens (including phenoxy) is 2. The number of carbonyl (C=O) groups excluding carboxylic acids is 2. The zero-order valence-electron chi connectivity index (χ0n) is 15.4. The van der Waals surface area contributed by atoms with E-state index in [4.69, 9.17) is 9.47 Å². The molecule has 0 bridgehead atoms. The van der Waals surface area contributed by atoms with E-state index >= 15 is 0 Å². The first kappa shape index (κ1) is 18.5. The molecule has 4 aromatic rings. The van der Waals surface area contributed by atoms with Crippen molar-refractivity contribution in [3.8, 4) is 0 Å². The van der Waals surface area contributed by atoms with E-state index in [0.29, 0.717) is 34.9 Å². The Morgan fingerprint density at radius 2 is 1.21 bits per heavy atom. The van der Waals surface area contributed by atoms with Gasteiger partial charge in [0, 0.05) is 12.4 Å². The van der Waals surface area contributed by atoms with Crippen molar-refractivity contribution in [1.82, 2.24) is 29.9 Å². The summed E-state index contributed by atoms with van der Waals surface area (Å²) in [5.41, 5.74) is 1.67. The van der Waals surface area contributed by atoms with Crippen molar-refractivity contribution in [2.24, 2.45) is 0 Å². The third-order valence-electron chi connectivity index (χ3n) is 4.35. The minimum atomic E-state index is -0.484. The molecular formula is C19H18N6O4. The van der Waals surface area contributed by atoms with Gasteiger partial charge >= 0.3 is 11.9 Å². The molecule has 4 heterocycles. The molecule has 0 aliphatic heterocycles. The summed E-state index contributed by atoms with van der Waals surface area (Å²) in [6.45, 7) is 0.525. The second-order valence-electron chi connectivity index (χ2n) is 6.26. The van der Waals surface area contributed by atoms with E-state index in [2.05, 4.69) is 29.9 Å². The van der Waals surface area contributed by atoms with Crippen molar-refractivity contribution < 1.29 is 19.1 Å². The van der Waals surface area contributed by atoms with Gasteiger partial charge in [-0.2, -0.15) is 0 Å². The molecule has 0 aromatic carbocycles. The molecular weight excluding hydrogens is 376 g/mol. The molecule has 10 heteroatoms. The summed E-state index contributed by atoms with van der Waals surface area (Å²) < 4.78 is 10.5. The Morgan fingerprint density at radius 3 is 1.69 bits per heavy atom. The van der Waals surface area contributed by atoms with Crippen molar-refractivity contribution >= 4 is 34.0 Å². The number of hydrogen-bond donors (Lipinski definition) is 2. The number of aromatic nitrogens is 6. The third-order valence-corrected chi connectivity index (χ3v) is 4.35. The molecule has 29 heavy (non-hydrogen) atoms. The largest absolute Gasteiger partial charge is 0.461 e. The molecule has 0 aliphatic rings. The van der Waals surface area contributed by atoms with Crippen LogP contribution in [-0.4, -0.2) is 55.1 Å². The number of unbranched alkanes of at least 4 members (excludes halogenated alkanes) is 2. The van der Waals surface area contributed by atoms with E-state index < -0.39 is 11.9 Å². The SMILES string of the molecule is O=C(OCCCCCOC(=O)c1ncnc2[nH]ccc12)c1ncnc2[nH]ccc12. The van der Waals surface area contributed by atoms with E-state index in [1.165, 1.54) is 12.7 Å². The second kappa shape index (κ2) is 8.46. The van der Waals surface area contributed by atoms with Gasteiger partial charge in [-0.15, -0.1) is 0 Å². The van der Waals surface area contributed by atoms with E-state index in [-0.39, 0.29) is 24.6 Å². The minimum absolute atomic E-state index is 0.242. The lowest BCUT2D eigenvalue weighted by atomic mass is 10.2. The average molecular weight is 394 g/mol. The second-order valence-corrected chi connectivity index (χ2v) is 6.26. The number of hydrogen-bond acceptors (Lipinski definition) is 8. The Morgan fingerprint density at radius 1 is 0.724 bits per heavy atom. The van der Waals surface area contributed by atoms with Gasteiger partial charge < -0.3 is 19.4 Å². The molecule has 2 N–H and O–H groups in total. The number of carbonyl (C=O) groups is 2. The van der Waals surface area contributed by atoms with Crippen LogP contribution in [0.4, 0.5) is 0 Å². The van der Waals surface area contributed by atoms with Crippen molar-refractivity contribution in [2.75, 3.05) is 13.2 Å². The number of nitrogens with zero attached hydrogens (tertiary/aromatic N) is 4. The van der Waals surface area contributed by atoms with E-state index in [9.17, 15) is 9.59 Å². The highest BCUT2D eigenvalue weighted by Gasteiger charge is 2.15. The number of H-pyrrole nitrogens is 2. The zero-order chi connectivity index (χ0) is 20.1. The highest BCUT2D eigenvalue weighted by atomic mass is 16.5. The summed E-state index contributed by atoms with van der Waals surface area (Å²) in [6.07, 6.45) is 8.08. The molecule has 0 aliphatic carbocycles. The smallest absolute Gasteiger partial charge is 0.357 e. The predicted octanol–water partition coefficient (Wildman–Crippen LogP) is 2.41. The van der Waals surface area contributed by atoms with E-state index in [1.54, 1.807) is 24.5 Å². The van der Waals surface area contributed by atoms with Gasteiger partial charge in [0.25, 0.3) is 0 Å². The highest BCUT2D eigenvalue weighted by Crippen LogP contribution is 2.15. The Balaban J connectivity index is 1.17. The molecule has 0 saturated heterocycles. The highest BCUT2D eigenvalue weighted by molar-refractivity contribution is 6.01.